The molecule has 0 fully saturated rings. The van der Waals surface area contributed by atoms with Crippen LogP contribution in [-0.4, -0.2) is 12.2 Å². The van der Waals surface area contributed by atoms with Gasteiger partial charge in [-0.15, -0.1) is 0 Å². The number of hydrogen-bond acceptors (Lipinski definition) is 2. The van der Waals surface area contributed by atoms with E-state index in [1.807, 2.05) is 13.0 Å². The molecule has 0 heterocycles. The minimum Gasteiger partial charge on any atom is -0.495 e. The maximum Gasteiger partial charge on any atom is 0.183 e. The first kappa shape index (κ1) is 7.08. The van der Waals surface area contributed by atoms with Crippen LogP contribution in [0.3, 0.4) is 0 Å². The molecule has 0 aliphatic rings. The van der Waals surface area contributed by atoms with Crippen molar-refractivity contribution in [2.75, 3.05) is 7.05 Å². The van der Waals surface area contributed by atoms with Gasteiger partial charge in [-0.2, -0.15) is 0 Å². The van der Waals surface area contributed by atoms with Gasteiger partial charge in [-0.3, -0.25) is 0 Å². The molecule has 2 heteroatoms. The van der Waals surface area contributed by atoms with Crippen LogP contribution in [0.1, 0.15) is 6.92 Å². The summed E-state index contributed by atoms with van der Waals surface area (Å²) in [4.78, 5) is 0. The number of hydrogen-bond donors (Lipinski definition) is 2. The standard InChI is InChI=1S/C6H11NO/c1-3-4-5-6(8)7-2/h3-5,7-8H,1-2H3/b4-3-,6-5+. The van der Waals surface area contributed by atoms with E-state index in [1.54, 1.807) is 19.2 Å². The quantitative estimate of drug-likeness (QED) is 0.416. The van der Waals surface area contributed by atoms with Gasteiger partial charge in [0, 0.05) is 7.05 Å². The molecule has 0 aromatic carbocycles. The molecule has 46 valence electrons. The molecule has 0 radical (unpaired) electrons. The first-order chi connectivity index (χ1) is 3.81. The Morgan fingerprint density at radius 2 is 2.25 bits per heavy atom. The predicted molar refractivity (Wildman–Crippen MR) is 34.6 cm³/mol. The summed E-state index contributed by atoms with van der Waals surface area (Å²) >= 11 is 0. The van der Waals surface area contributed by atoms with Crippen LogP contribution < -0.4 is 5.32 Å². The van der Waals surface area contributed by atoms with Gasteiger partial charge in [-0.1, -0.05) is 12.2 Å². The molecule has 0 amide bonds. The fraction of sp³-hybridized carbons (Fsp3) is 0.333. The van der Waals surface area contributed by atoms with E-state index < -0.39 is 0 Å². The van der Waals surface area contributed by atoms with Crippen molar-refractivity contribution < 1.29 is 5.11 Å². The molecule has 0 spiro atoms. The van der Waals surface area contributed by atoms with Crippen molar-refractivity contribution in [2.45, 2.75) is 6.92 Å². The fourth-order valence-electron chi connectivity index (χ4n) is 0.271. The third kappa shape index (κ3) is 3.28. The lowest BCUT2D eigenvalue weighted by Gasteiger charge is -1.91. The Bertz CT molecular complexity index is 105. The molecule has 8 heavy (non-hydrogen) atoms. The van der Waals surface area contributed by atoms with E-state index >= 15 is 0 Å². The number of allylic oxidation sites excluding steroid dienone is 3. The molecule has 0 atom stereocenters. The van der Waals surface area contributed by atoms with Gasteiger partial charge in [0.1, 0.15) is 0 Å². The van der Waals surface area contributed by atoms with E-state index in [0.29, 0.717) is 0 Å². The zero-order valence-electron chi connectivity index (χ0n) is 5.18. The third-order valence-corrected chi connectivity index (χ3v) is 0.703. The minimum absolute atomic E-state index is 0.183. The summed E-state index contributed by atoms with van der Waals surface area (Å²) in [6.07, 6.45) is 5.18. The van der Waals surface area contributed by atoms with Gasteiger partial charge in [0.15, 0.2) is 5.88 Å². The first-order valence-electron chi connectivity index (χ1n) is 2.51. The normalized spacial score (nSPS) is 12.5. The van der Waals surface area contributed by atoms with Crippen LogP contribution in [0.2, 0.25) is 0 Å². The molecule has 0 aliphatic heterocycles. The summed E-state index contributed by atoms with van der Waals surface area (Å²) in [7, 11) is 1.66. The summed E-state index contributed by atoms with van der Waals surface area (Å²) in [5, 5.41) is 11.3. The van der Waals surface area contributed by atoms with Crippen molar-refractivity contribution in [3.63, 3.8) is 0 Å². The van der Waals surface area contributed by atoms with E-state index in [0.717, 1.165) is 0 Å². The van der Waals surface area contributed by atoms with Gasteiger partial charge in [0.25, 0.3) is 0 Å². The second kappa shape index (κ2) is 4.24. The van der Waals surface area contributed by atoms with Crippen LogP contribution in [0.15, 0.2) is 24.1 Å². The van der Waals surface area contributed by atoms with Crippen molar-refractivity contribution in [3.05, 3.63) is 24.1 Å². The topological polar surface area (TPSA) is 32.3 Å². The summed E-state index contributed by atoms with van der Waals surface area (Å²) < 4.78 is 0. The third-order valence-electron chi connectivity index (χ3n) is 0.703. The Morgan fingerprint density at radius 1 is 1.62 bits per heavy atom. The Morgan fingerprint density at radius 3 is 2.62 bits per heavy atom. The van der Waals surface area contributed by atoms with Crippen molar-refractivity contribution >= 4 is 0 Å². The van der Waals surface area contributed by atoms with Gasteiger partial charge in [0.2, 0.25) is 0 Å². The highest BCUT2D eigenvalue weighted by molar-refractivity contribution is 5.03. The molecule has 0 aromatic heterocycles. The molecular weight excluding hydrogens is 102 g/mol. The maximum absolute atomic E-state index is 8.69. The summed E-state index contributed by atoms with van der Waals surface area (Å²) in [6.45, 7) is 1.89. The van der Waals surface area contributed by atoms with Crippen LogP contribution in [0.25, 0.3) is 0 Å². The van der Waals surface area contributed by atoms with Crippen LogP contribution in [-0.2, 0) is 0 Å². The lowest BCUT2D eigenvalue weighted by Crippen LogP contribution is -2.03. The zero-order chi connectivity index (χ0) is 6.41. The second-order valence-electron chi connectivity index (χ2n) is 1.33. The Kier molecular flexibility index (Phi) is 3.76. The number of nitrogens with one attached hydrogen (secondary N) is 1. The van der Waals surface area contributed by atoms with Crippen molar-refractivity contribution in [1.29, 1.82) is 0 Å². The molecule has 0 aromatic rings. The summed E-state index contributed by atoms with van der Waals surface area (Å²) in [6, 6.07) is 0. The summed E-state index contributed by atoms with van der Waals surface area (Å²) in [5.41, 5.74) is 0. The molecular formula is C6H11NO. The summed E-state index contributed by atoms with van der Waals surface area (Å²) in [5.74, 6) is 0.183. The van der Waals surface area contributed by atoms with E-state index in [-0.39, 0.29) is 5.88 Å². The Balaban J connectivity index is 3.57. The Labute approximate surface area is 49.5 Å². The van der Waals surface area contributed by atoms with Crippen molar-refractivity contribution in [1.82, 2.24) is 5.32 Å². The Hall–Kier alpha value is -0.920. The number of rotatable bonds is 2. The van der Waals surface area contributed by atoms with Crippen LogP contribution >= 0.6 is 0 Å². The minimum atomic E-state index is 0.183. The second-order valence-corrected chi connectivity index (χ2v) is 1.33. The van der Waals surface area contributed by atoms with Gasteiger partial charge >= 0.3 is 0 Å². The monoisotopic (exact) mass is 113 g/mol. The van der Waals surface area contributed by atoms with Crippen LogP contribution in [0.4, 0.5) is 0 Å². The highest BCUT2D eigenvalue weighted by Gasteiger charge is 1.76. The SMILES string of the molecule is C/C=C\C=C(\O)NC. The number of aliphatic hydroxyl groups is 1. The first-order valence-corrected chi connectivity index (χ1v) is 2.51. The lowest BCUT2D eigenvalue weighted by atomic mass is 10.5. The molecule has 2 N–H and O–H groups in total. The van der Waals surface area contributed by atoms with Gasteiger partial charge in [0.05, 0.1) is 0 Å². The molecule has 0 rings (SSSR count). The van der Waals surface area contributed by atoms with E-state index in [9.17, 15) is 0 Å². The van der Waals surface area contributed by atoms with E-state index in [1.165, 1.54) is 0 Å². The number of aliphatic hydroxyl groups excluding tert-OH is 1. The zero-order valence-corrected chi connectivity index (χ0v) is 5.18. The maximum atomic E-state index is 8.69. The molecule has 0 saturated carbocycles. The molecule has 0 aliphatic carbocycles. The van der Waals surface area contributed by atoms with Gasteiger partial charge in [-0.05, 0) is 13.0 Å². The molecule has 2 nitrogen and oxygen atoms in total. The van der Waals surface area contributed by atoms with Crippen molar-refractivity contribution in [3.8, 4) is 0 Å². The van der Waals surface area contributed by atoms with Crippen molar-refractivity contribution in [2.24, 2.45) is 0 Å². The van der Waals surface area contributed by atoms with Gasteiger partial charge < -0.3 is 10.4 Å². The van der Waals surface area contributed by atoms with E-state index in [2.05, 4.69) is 5.32 Å². The fourth-order valence-corrected chi connectivity index (χ4v) is 0.271. The predicted octanol–water partition coefficient (Wildman–Crippen LogP) is 1.18. The smallest absolute Gasteiger partial charge is 0.183 e. The average molecular weight is 113 g/mol. The lowest BCUT2D eigenvalue weighted by molar-refractivity contribution is 0.376. The van der Waals surface area contributed by atoms with Gasteiger partial charge in [-0.25, -0.2) is 0 Å². The molecule has 0 bridgehead atoms. The largest absolute Gasteiger partial charge is 0.495 e. The van der Waals surface area contributed by atoms with E-state index in [4.69, 9.17) is 5.11 Å². The highest BCUT2D eigenvalue weighted by atomic mass is 16.3. The van der Waals surface area contributed by atoms with Crippen LogP contribution in [0.5, 0.6) is 0 Å². The molecule has 0 unspecified atom stereocenters. The average Bonchev–Trinajstić information content (AvgIpc) is 1.83. The van der Waals surface area contributed by atoms with Crippen LogP contribution in [0, 0.1) is 0 Å². The highest BCUT2D eigenvalue weighted by Crippen LogP contribution is 1.79. The molecule has 0 saturated heterocycles.